The first-order chi connectivity index (χ1) is 13.6. The van der Waals surface area contributed by atoms with Gasteiger partial charge >= 0.3 is 5.97 Å². The van der Waals surface area contributed by atoms with Crippen LogP contribution in [-0.2, 0) is 4.79 Å². The Morgan fingerprint density at radius 2 is 1.61 bits per heavy atom. The Labute approximate surface area is 166 Å². The van der Waals surface area contributed by atoms with Crippen molar-refractivity contribution in [3.63, 3.8) is 0 Å². The van der Waals surface area contributed by atoms with Gasteiger partial charge in [-0.2, -0.15) is 0 Å². The molecule has 4 rings (SSSR count). The molecule has 0 spiro atoms. The number of carbonyl (C=O) groups is 1. The van der Waals surface area contributed by atoms with E-state index in [9.17, 15) is 9.59 Å². The van der Waals surface area contributed by atoms with Crippen LogP contribution in [-0.4, -0.2) is 5.97 Å². The molecule has 1 heterocycles. The molecule has 1 atom stereocenters. The predicted molar refractivity (Wildman–Crippen MR) is 109 cm³/mol. The van der Waals surface area contributed by atoms with Crippen LogP contribution in [0.5, 0.6) is 5.75 Å². The molecule has 0 aliphatic rings. The van der Waals surface area contributed by atoms with E-state index in [1.165, 1.54) is 12.3 Å². The molecule has 5 heteroatoms. The molecule has 0 aliphatic carbocycles. The zero-order valence-corrected chi connectivity index (χ0v) is 15.4. The normalized spacial score (nSPS) is 11.9. The van der Waals surface area contributed by atoms with Crippen LogP contribution in [0.4, 0.5) is 0 Å². The van der Waals surface area contributed by atoms with E-state index < -0.39 is 11.3 Å². The Morgan fingerprint density at radius 3 is 2.32 bits per heavy atom. The molecule has 0 aliphatic heterocycles. The highest BCUT2D eigenvalue weighted by Gasteiger charge is 2.20. The molecule has 0 bridgehead atoms. The fourth-order valence-corrected chi connectivity index (χ4v) is 3.11. The molecule has 1 aromatic heterocycles. The maximum atomic E-state index is 12.8. The summed E-state index contributed by atoms with van der Waals surface area (Å²) in [7, 11) is 0. The summed E-state index contributed by atoms with van der Waals surface area (Å²) in [6, 6.07) is 22.9. The Bertz CT molecular complexity index is 1180. The molecular formula is C23H15ClO4. The van der Waals surface area contributed by atoms with Gasteiger partial charge in [-0.05, 0) is 23.3 Å². The summed E-state index contributed by atoms with van der Waals surface area (Å²) in [5.74, 6) is -0.342. The highest BCUT2D eigenvalue weighted by Crippen LogP contribution is 2.26. The van der Waals surface area contributed by atoms with Crippen LogP contribution < -0.4 is 10.2 Å². The van der Waals surface area contributed by atoms with Crippen molar-refractivity contribution in [3.05, 3.63) is 101 Å². The van der Waals surface area contributed by atoms with Gasteiger partial charge in [0, 0.05) is 6.07 Å². The first kappa shape index (κ1) is 18.0. The summed E-state index contributed by atoms with van der Waals surface area (Å²) < 4.78 is 11.0. The van der Waals surface area contributed by atoms with Gasteiger partial charge in [-0.1, -0.05) is 60.7 Å². The smallest absolute Gasteiger partial charge is 0.334 e. The van der Waals surface area contributed by atoms with Crippen molar-refractivity contribution < 1.29 is 13.9 Å². The minimum Gasteiger partial charge on any atom is -0.463 e. The number of halogens is 1. The second-order valence-electron chi connectivity index (χ2n) is 6.20. The second kappa shape index (κ2) is 7.71. The molecule has 4 aromatic rings. The van der Waals surface area contributed by atoms with E-state index in [1.807, 2.05) is 36.4 Å². The van der Waals surface area contributed by atoms with Crippen molar-refractivity contribution in [2.24, 2.45) is 0 Å². The van der Waals surface area contributed by atoms with E-state index in [-0.39, 0.29) is 11.2 Å². The van der Waals surface area contributed by atoms with Gasteiger partial charge in [-0.25, -0.2) is 4.79 Å². The van der Waals surface area contributed by atoms with Crippen molar-refractivity contribution in [1.29, 1.82) is 0 Å². The summed E-state index contributed by atoms with van der Waals surface area (Å²) >= 11 is 6.19. The molecule has 3 aromatic carbocycles. The molecule has 4 nitrogen and oxygen atoms in total. The number of esters is 1. The Kier molecular flexibility index (Phi) is 4.96. The van der Waals surface area contributed by atoms with Crippen LogP contribution >= 0.6 is 11.6 Å². The molecule has 0 saturated heterocycles. The Morgan fingerprint density at radius 1 is 0.929 bits per heavy atom. The monoisotopic (exact) mass is 390 g/mol. The first-order valence-electron chi connectivity index (χ1n) is 8.65. The standard InChI is InChI=1S/C23H15ClO4/c24-21(16-9-5-2-6-10-16)23(26)28-17-11-12-18-20(13-17)27-14-19(22(18)25)15-7-3-1-4-8-15/h1-14,21H. The summed E-state index contributed by atoms with van der Waals surface area (Å²) in [6.07, 6.45) is 1.42. The molecule has 0 amide bonds. The SMILES string of the molecule is O=C(Oc1ccc2c(=O)c(-c3ccccc3)coc2c1)C(Cl)c1ccccc1. The van der Waals surface area contributed by atoms with Crippen LogP contribution in [0.2, 0.25) is 0 Å². The molecule has 1 unspecified atom stereocenters. The van der Waals surface area contributed by atoms with Crippen molar-refractivity contribution in [2.75, 3.05) is 0 Å². The van der Waals surface area contributed by atoms with E-state index in [4.69, 9.17) is 20.8 Å². The number of hydrogen-bond donors (Lipinski definition) is 0. The van der Waals surface area contributed by atoms with Crippen LogP contribution in [0.25, 0.3) is 22.1 Å². The summed E-state index contributed by atoms with van der Waals surface area (Å²) in [4.78, 5) is 25.1. The van der Waals surface area contributed by atoms with Crippen LogP contribution in [0, 0.1) is 0 Å². The van der Waals surface area contributed by atoms with Gasteiger partial charge in [0.1, 0.15) is 17.6 Å². The van der Waals surface area contributed by atoms with Gasteiger partial charge in [-0.3, -0.25) is 4.79 Å². The molecule has 138 valence electrons. The highest BCUT2D eigenvalue weighted by molar-refractivity contribution is 6.30. The maximum Gasteiger partial charge on any atom is 0.334 e. The molecule has 0 saturated carbocycles. The topological polar surface area (TPSA) is 56.5 Å². The highest BCUT2D eigenvalue weighted by atomic mass is 35.5. The van der Waals surface area contributed by atoms with Gasteiger partial charge in [0.25, 0.3) is 0 Å². The minimum absolute atomic E-state index is 0.148. The Balaban J connectivity index is 1.62. The third-order valence-electron chi connectivity index (χ3n) is 4.35. The molecule has 0 fully saturated rings. The summed E-state index contributed by atoms with van der Waals surface area (Å²) in [6.45, 7) is 0. The van der Waals surface area contributed by atoms with E-state index in [0.717, 1.165) is 5.56 Å². The average molecular weight is 391 g/mol. The van der Waals surface area contributed by atoms with Crippen LogP contribution in [0.1, 0.15) is 10.9 Å². The summed E-state index contributed by atoms with van der Waals surface area (Å²) in [5, 5.41) is -0.518. The van der Waals surface area contributed by atoms with E-state index in [2.05, 4.69) is 0 Å². The second-order valence-corrected chi connectivity index (χ2v) is 6.63. The zero-order valence-electron chi connectivity index (χ0n) is 14.7. The van der Waals surface area contributed by atoms with Gasteiger partial charge in [0.15, 0.2) is 10.8 Å². The third-order valence-corrected chi connectivity index (χ3v) is 4.78. The van der Waals surface area contributed by atoms with Crippen molar-refractivity contribution in [3.8, 4) is 16.9 Å². The number of rotatable bonds is 4. The lowest BCUT2D eigenvalue weighted by Crippen LogP contribution is -2.14. The molecular weight excluding hydrogens is 376 g/mol. The van der Waals surface area contributed by atoms with Crippen LogP contribution in [0.15, 0.2) is 94.3 Å². The predicted octanol–water partition coefficient (Wildman–Crippen LogP) is 5.35. The van der Waals surface area contributed by atoms with E-state index >= 15 is 0 Å². The number of ether oxygens (including phenoxy) is 1. The molecule has 28 heavy (non-hydrogen) atoms. The lowest BCUT2D eigenvalue weighted by molar-refractivity contribution is -0.134. The number of alkyl halides is 1. The van der Waals surface area contributed by atoms with Gasteiger partial charge in [0.2, 0.25) is 0 Å². The maximum absolute atomic E-state index is 12.8. The molecule has 0 radical (unpaired) electrons. The fourth-order valence-electron chi connectivity index (χ4n) is 2.92. The Hall–Kier alpha value is -3.37. The number of benzene rings is 3. The van der Waals surface area contributed by atoms with Gasteiger partial charge < -0.3 is 9.15 Å². The lowest BCUT2D eigenvalue weighted by Gasteiger charge is -2.10. The number of hydrogen-bond acceptors (Lipinski definition) is 4. The zero-order chi connectivity index (χ0) is 19.5. The summed E-state index contributed by atoms with van der Waals surface area (Å²) in [5.41, 5.74) is 2.09. The number of fused-ring (bicyclic) bond motifs is 1. The minimum atomic E-state index is -0.927. The molecule has 0 N–H and O–H groups in total. The lowest BCUT2D eigenvalue weighted by atomic mass is 10.1. The van der Waals surface area contributed by atoms with E-state index in [0.29, 0.717) is 22.1 Å². The average Bonchev–Trinajstić information content (AvgIpc) is 2.74. The largest absolute Gasteiger partial charge is 0.463 e. The van der Waals surface area contributed by atoms with Gasteiger partial charge in [-0.15, -0.1) is 11.6 Å². The van der Waals surface area contributed by atoms with Gasteiger partial charge in [0.05, 0.1) is 10.9 Å². The van der Waals surface area contributed by atoms with Crippen molar-refractivity contribution in [2.45, 2.75) is 5.38 Å². The fraction of sp³-hybridized carbons (Fsp3) is 0.0435. The van der Waals surface area contributed by atoms with Crippen molar-refractivity contribution in [1.82, 2.24) is 0 Å². The quantitative estimate of drug-likeness (QED) is 0.268. The van der Waals surface area contributed by atoms with Crippen LogP contribution in [0.3, 0.4) is 0 Å². The third kappa shape index (κ3) is 3.55. The number of carbonyl (C=O) groups excluding carboxylic acids is 1. The van der Waals surface area contributed by atoms with E-state index in [1.54, 1.807) is 36.4 Å². The van der Waals surface area contributed by atoms with Crippen molar-refractivity contribution >= 4 is 28.5 Å². The first-order valence-corrected chi connectivity index (χ1v) is 9.09.